The standard InChI is InChI=1S/C13H11NO5/c1-6-3-7(2)10-9(4-6)19-5-8(11(10)15)14-12(16)13(17)18/h3-5H,1-2H3,(H,14,16)(H,17,18). The molecule has 6 nitrogen and oxygen atoms in total. The molecule has 19 heavy (non-hydrogen) atoms. The second-order valence-electron chi connectivity index (χ2n) is 4.19. The van der Waals surface area contributed by atoms with E-state index in [0.29, 0.717) is 16.5 Å². The first-order valence-corrected chi connectivity index (χ1v) is 5.47. The summed E-state index contributed by atoms with van der Waals surface area (Å²) in [5.74, 6) is -2.95. The van der Waals surface area contributed by atoms with E-state index < -0.39 is 17.3 Å². The molecule has 1 heterocycles. The van der Waals surface area contributed by atoms with Gasteiger partial charge in [-0.3, -0.25) is 9.59 Å². The Morgan fingerprint density at radius 1 is 1.26 bits per heavy atom. The van der Waals surface area contributed by atoms with Gasteiger partial charge in [-0.2, -0.15) is 0 Å². The Balaban J connectivity index is 2.61. The van der Waals surface area contributed by atoms with E-state index in [-0.39, 0.29) is 5.69 Å². The van der Waals surface area contributed by atoms with Crippen LogP contribution in [-0.4, -0.2) is 17.0 Å². The maximum absolute atomic E-state index is 12.2. The van der Waals surface area contributed by atoms with Gasteiger partial charge < -0.3 is 14.8 Å². The smallest absolute Gasteiger partial charge is 0.394 e. The molecule has 0 aliphatic carbocycles. The molecule has 0 aliphatic heterocycles. The summed E-state index contributed by atoms with van der Waals surface area (Å²) in [4.78, 5) is 33.6. The number of aryl methyl sites for hydroxylation is 2. The SMILES string of the molecule is Cc1cc(C)c2c(=O)c(NC(=O)C(=O)O)coc2c1. The first kappa shape index (κ1) is 12.8. The van der Waals surface area contributed by atoms with E-state index >= 15 is 0 Å². The summed E-state index contributed by atoms with van der Waals surface area (Å²) in [7, 11) is 0. The summed E-state index contributed by atoms with van der Waals surface area (Å²) in [6.45, 7) is 3.61. The summed E-state index contributed by atoms with van der Waals surface area (Å²) >= 11 is 0. The first-order chi connectivity index (χ1) is 8.90. The zero-order chi connectivity index (χ0) is 14.2. The topological polar surface area (TPSA) is 96.6 Å². The minimum absolute atomic E-state index is 0.188. The van der Waals surface area contributed by atoms with Crippen LogP contribution in [0.2, 0.25) is 0 Å². The van der Waals surface area contributed by atoms with E-state index in [1.807, 2.05) is 18.3 Å². The summed E-state index contributed by atoms with van der Waals surface area (Å²) in [6, 6.07) is 3.51. The fraction of sp³-hybridized carbons (Fsp3) is 0.154. The maximum atomic E-state index is 12.2. The number of nitrogens with one attached hydrogen (secondary N) is 1. The van der Waals surface area contributed by atoms with Crippen LogP contribution in [0.1, 0.15) is 11.1 Å². The third-order valence-corrected chi connectivity index (χ3v) is 2.66. The van der Waals surface area contributed by atoms with E-state index in [1.165, 1.54) is 0 Å². The Bertz CT molecular complexity index is 745. The van der Waals surface area contributed by atoms with Crippen molar-refractivity contribution in [2.75, 3.05) is 5.32 Å². The van der Waals surface area contributed by atoms with Gasteiger partial charge in [0, 0.05) is 0 Å². The predicted octanol–water partition coefficient (Wildman–Crippen LogP) is 1.43. The monoisotopic (exact) mass is 261 g/mol. The molecule has 2 N–H and O–H groups in total. The molecule has 0 unspecified atom stereocenters. The molecule has 1 aromatic heterocycles. The van der Waals surface area contributed by atoms with Gasteiger partial charge in [0.15, 0.2) is 0 Å². The molecular weight excluding hydrogens is 250 g/mol. The van der Waals surface area contributed by atoms with Crippen molar-refractivity contribution in [3.8, 4) is 0 Å². The highest BCUT2D eigenvalue weighted by Gasteiger charge is 2.16. The van der Waals surface area contributed by atoms with Crippen molar-refractivity contribution in [1.82, 2.24) is 0 Å². The van der Waals surface area contributed by atoms with E-state index in [4.69, 9.17) is 9.52 Å². The fourth-order valence-electron chi connectivity index (χ4n) is 1.89. The van der Waals surface area contributed by atoms with Crippen LogP contribution in [0.5, 0.6) is 0 Å². The van der Waals surface area contributed by atoms with Gasteiger partial charge in [-0.15, -0.1) is 0 Å². The van der Waals surface area contributed by atoms with Crippen molar-refractivity contribution < 1.29 is 19.1 Å². The van der Waals surface area contributed by atoms with Gasteiger partial charge >= 0.3 is 11.9 Å². The maximum Gasteiger partial charge on any atom is 0.394 e. The summed E-state index contributed by atoms with van der Waals surface area (Å²) in [6.07, 6.45) is 1.05. The molecule has 0 fully saturated rings. The predicted molar refractivity (Wildman–Crippen MR) is 68.2 cm³/mol. The Morgan fingerprint density at radius 2 is 1.95 bits per heavy atom. The van der Waals surface area contributed by atoms with Crippen LogP contribution in [-0.2, 0) is 9.59 Å². The highest BCUT2D eigenvalue weighted by molar-refractivity contribution is 6.36. The largest absolute Gasteiger partial charge is 0.474 e. The third-order valence-electron chi connectivity index (χ3n) is 2.66. The third kappa shape index (κ3) is 2.33. The molecule has 0 saturated carbocycles. The lowest BCUT2D eigenvalue weighted by atomic mass is 10.1. The van der Waals surface area contributed by atoms with Crippen molar-refractivity contribution in [2.24, 2.45) is 0 Å². The number of carbonyl (C=O) groups is 2. The number of carboxylic acids is 1. The van der Waals surface area contributed by atoms with Crippen LogP contribution < -0.4 is 10.7 Å². The zero-order valence-electron chi connectivity index (χ0n) is 10.3. The van der Waals surface area contributed by atoms with Crippen LogP contribution in [0.25, 0.3) is 11.0 Å². The number of benzene rings is 1. The van der Waals surface area contributed by atoms with Crippen molar-refractivity contribution in [2.45, 2.75) is 13.8 Å². The van der Waals surface area contributed by atoms with Crippen molar-refractivity contribution >= 4 is 28.5 Å². The van der Waals surface area contributed by atoms with Gasteiger partial charge in [0.2, 0.25) is 5.43 Å². The van der Waals surface area contributed by atoms with Crippen LogP contribution >= 0.6 is 0 Å². The van der Waals surface area contributed by atoms with Crippen LogP contribution in [0.3, 0.4) is 0 Å². The minimum atomic E-state index is -1.67. The van der Waals surface area contributed by atoms with E-state index in [2.05, 4.69) is 0 Å². The number of amides is 1. The molecule has 0 aliphatic rings. The molecular formula is C13H11NO5. The number of carboxylic acid groups (broad SMARTS) is 1. The highest BCUT2D eigenvalue weighted by atomic mass is 16.4. The highest BCUT2D eigenvalue weighted by Crippen LogP contribution is 2.19. The molecule has 0 saturated heterocycles. The van der Waals surface area contributed by atoms with Crippen LogP contribution in [0.15, 0.2) is 27.6 Å². The van der Waals surface area contributed by atoms with Gasteiger partial charge in [-0.25, -0.2) is 4.79 Å². The fourth-order valence-corrected chi connectivity index (χ4v) is 1.89. The Labute approximate surface area is 107 Å². The second kappa shape index (κ2) is 4.56. The van der Waals surface area contributed by atoms with Gasteiger partial charge in [-0.05, 0) is 31.0 Å². The molecule has 2 rings (SSSR count). The van der Waals surface area contributed by atoms with Gasteiger partial charge in [0.1, 0.15) is 17.5 Å². The minimum Gasteiger partial charge on any atom is -0.474 e. The normalized spacial score (nSPS) is 10.4. The van der Waals surface area contributed by atoms with Crippen molar-refractivity contribution in [1.29, 1.82) is 0 Å². The summed E-state index contributed by atoms with van der Waals surface area (Å²) in [5, 5.41) is 10.8. The molecule has 1 aromatic carbocycles. The number of aliphatic carboxylic acids is 1. The molecule has 0 bridgehead atoms. The van der Waals surface area contributed by atoms with E-state index in [9.17, 15) is 14.4 Å². The van der Waals surface area contributed by atoms with E-state index in [1.54, 1.807) is 13.0 Å². The Hall–Kier alpha value is -2.63. The summed E-state index contributed by atoms with van der Waals surface area (Å²) in [5.41, 5.74) is 1.39. The number of hydrogen-bond donors (Lipinski definition) is 2. The molecule has 0 radical (unpaired) electrons. The number of carbonyl (C=O) groups excluding carboxylic acids is 1. The lowest BCUT2D eigenvalue weighted by molar-refractivity contribution is -0.147. The second-order valence-corrected chi connectivity index (χ2v) is 4.19. The summed E-state index contributed by atoms with van der Waals surface area (Å²) < 4.78 is 5.26. The Kier molecular flexibility index (Phi) is 3.08. The van der Waals surface area contributed by atoms with E-state index in [0.717, 1.165) is 11.8 Å². The van der Waals surface area contributed by atoms with Crippen LogP contribution in [0.4, 0.5) is 5.69 Å². The number of fused-ring (bicyclic) bond motifs is 1. The van der Waals surface area contributed by atoms with Crippen molar-refractivity contribution in [3.63, 3.8) is 0 Å². The molecule has 1 amide bonds. The average Bonchev–Trinajstić information content (AvgIpc) is 2.31. The molecule has 0 spiro atoms. The zero-order valence-corrected chi connectivity index (χ0v) is 10.3. The Morgan fingerprint density at radius 3 is 2.58 bits per heavy atom. The number of rotatable bonds is 1. The molecule has 0 atom stereocenters. The molecule has 98 valence electrons. The number of anilines is 1. The lowest BCUT2D eigenvalue weighted by Crippen LogP contribution is -2.25. The molecule has 2 aromatic rings. The van der Waals surface area contributed by atoms with Crippen molar-refractivity contribution in [3.05, 3.63) is 39.7 Å². The van der Waals surface area contributed by atoms with Gasteiger partial charge in [-0.1, -0.05) is 6.07 Å². The lowest BCUT2D eigenvalue weighted by Gasteiger charge is -2.05. The van der Waals surface area contributed by atoms with Crippen LogP contribution in [0, 0.1) is 13.8 Å². The van der Waals surface area contributed by atoms with Gasteiger partial charge in [0.25, 0.3) is 0 Å². The first-order valence-electron chi connectivity index (χ1n) is 5.47. The van der Waals surface area contributed by atoms with Gasteiger partial charge in [0.05, 0.1) is 5.39 Å². The quantitative estimate of drug-likeness (QED) is 0.757. The average molecular weight is 261 g/mol. The number of hydrogen-bond acceptors (Lipinski definition) is 4. The molecule has 6 heteroatoms.